The molecule has 10 heteroatoms. The number of aliphatic hydroxyl groups is 1. The standard InChI is InChI=1S/C23H26N6O4/c1-24-20(30)15-4-6-17(7-5-15)29-19-18(12-26-29)22(32)28(14-25-19)13-23(33)8-10-27(11-9-23)21(31)16-2-3-16/h4-7,12,14,16,33H,2-3,8-11,13H2,1H3,(H,24,30). The van der Waals surface area contributed by atoms with Crippen LogP contribution in [-0.4, -0.2) is 66.9 Å². The molecule has 172 valence electrons. The Hall–Kier alpha value is -3.53. The maximum Gasteiger partial charge on any atom is 0.264 e. The molecule has 1 aliphatic carbocycles. The lowest BCUT2D eigenvalue weighted by Gasteiger charge is -2.38. The number of aromatic nitrogens is 4. The van der Waals surface area contributed by atoms with Crippen LogP contribution in [0.5, 0.6) is 0 Å². The second-order valence-corrected chi connectivity index (χ2v) is 8.92. The average molecular weight is 450 g/mol. The van der Waals surface area contributed by atoms with Crippen LogP contribution in [0.4, 0.5) is 0 Å². The van der Waals surface area contributed by atoms with Crippen LogP contribution in [0, 0.1) is 5.92 Å². The number of nitrogens with one attached hydrogen (secondary N) is 1. The van der Waals surface area contributed by atoms with E-state index in [0.717, 1.165) is 12.8 Å². The molecular formula is C23H26N6O4. The van der Waals surface area contributed by atoms with Crippen molar-refractivity contribution in [1.29, 1.82) is 0 Å². The topological polar surface area (TPSA) is 122 Å². The average Bonchev–Trinajstić information content (AvgIpc) is 3.59. The molecule has 0 bridgehead atoms. The number of carbonyl (C=O) groups is 2. The van der Waals surface area contributed by atoms with Crippen molar-refractivity contribution in [3.8, 4) is 5.69 Å². The van der Waals surface area contributed by atoms with E-state index in [-0.39, 0.29) is 29.8 Å². The van der Waals surface area contributed by atoms with E-state index in [1.807, 2.05) is 4.90 Å². The molecule has 2 aromatic heterocycles. The van der Waals surface area contributed by atoms with Gasteiger partial charge in [0.25, 0.3) is 11.5 Å². The van der Waals surface area contributed by atoms with E-state index >= 15 is 0 Å². The van der Waals surface area contributed by atoms with Crippen LogP contribution in [0.2, 0.25) is 0 Å². The highest BCUT2D eigenvalue weighted by atomic mass is 16.3. The molecule has 3 aromatic rings. The van der Waals surface area contributed by atoms with Crippen LogP contribution in [0.3, 0.4) is 0 Å². The predicted octanol–water partition coefficient (Wildman–Crippen LogP) is 0.705. The van der Waals surface area contributed by atoms with Gasteiger partial charge in [-0.05, 0) is 49.9 Å². The van der Waals surface area contributed by atoms with Gasteiger partial charge in [0.05, 0.1) is 24.0 Å². The lowest BCUT2D eigenvalue weighted by atomic mass is 9.91. The van der Waals surface area contributed by atoms with Gasteiger partial charge in [0.15, 0.2) is 5.65 Å². The highest BCUT2D eigenvalue weighted by Gasteiger charge is 2.39. The lowest BCUT2D eigenvalue weighted by Crippen LogP contribution is -2.50. The van der Waals surface area contributed by atoms with Crippen LogP contribution >= 0.6 is 0 Å². The highest BCUT2D eigenvalue weighted by Crippen LogP contribution is 2.33. The first kappa shape index (κ1) is 21.3. The minimum atomic E-state index is -1.06. The fraction of sp³-hybridized carbons (Fsp3) is 0.435. The monoisotopic (exact) mass is 450 g/mol. The molecular weight excluding hydrogens is 424 g/mol. The molecule has 2 N–H and O–H groups in total. The Kier molecular flexibility index (Phi) is 5.24. The van der Waals surface area contributed by atoms with Crippen molar-refractivity contribution in [3.05, 3.63) is 52.7 Å². The summed E-state index contributed by atoms with van der Waals surface area (Å²) < 4.78 is 2.97. The number of benzene rings is 1. The largest absolute Gasteiger partial charge is 0.388 e. The molecule has 2 amide bonds. The van der Waals surface area contributed by atoms with Crippen molar-refractivity contribution in [2.45, 2.75) is 37.8 Å². The van der Waals surface area contributed by atoms with Crippen LogP contribution in [-0.2, 0) is 11.3 Å². The maximum absolute atomic E-state index is 13.1. The number of fused-ring (bicyclic) bond motifs is 1. The van der Waals surface area contributed by atoms with Crippen LogP contribution in [0.1, 0.15) is 36.0 Å². The van der Waals surface area contributed by atoms with E-state index in [9.17, 15) is 19.5 Å². The summed E-state index contributed by atoms with van der Waals surface area (Å²) in [6.45, 7) is 1.12. The van der Waals surface area contributed by atoms with Gasteiger partial charge in [-0.3, -0.25) is 19.0 Å². The number of hydrogen-bond acceptors (Lipinski definition) is 6. The molecule has 1 saturated heterocycles. The van der Waals surface area contributed by atoms with Crippen molar-refractivity contribution < 1.29 is 14.7 Å². The molecule has 10 nitrogen and oxygen atoms in total. The minimum absolute atomic E-state index is 0.117. The second-order valence-electron chi connectivity index (χ2n) is 8.92. The lowest BCUT2D eigenvalue weighted by molar-refractivity contribution is -0.137. The molecule has 5 rings (SSSR count). The quantitative estimate of drug-likeness (QED) is 0.590. The molecule has 0 atom stereocenters. The zero-order valence-electron chi connectivity index (χ0n) is 18.4. The number of piperidine rings is 1. The molecule has 2 aliphatic rings. The third kappa shape index (κ3) is 4.02. The third-order valence-corrected chi connectivity index (χ3v) is 6.55. The Morgan fingerprint density at radius 1 is 1.18 bits per heavy atom. The van der Waals surface area contributed by atoms with Gasteiger partial charge in [0.2, 0.25) is 5.91 Å². The summed E-state index contributed by atoms with van der Waals surface area (Å²) in [4.78, 5) is 43.4. The summed E-state index contributed by atoms with van der Waals surface area (Å²) in [5.74, 6) is 0.170. The normalized spacial score (nSPS) is 17.8. The molecule has 0 spiro atoms. The molecule has 1 aromatic carbocycles. The fourth-order valence-electron chi connectivity index (χ4n) is 4.36. The van der Waals surface area contributed by atoms with Crippen molar-refractivity contribution in [2.24, 2.45) is 5.92 Å². The second kappa shape index (κ2) is 8.11. The highest BCUT2D eigenvalue weighted by molar-refractivity contribution is 5.94. The Labute approximate surface area is 189 Å². The van der Waals surface area contributed by atoms with E-state index in [4.69, 9.17) is 0 Å². The summed E-state index contributed by atoms with van der Waals surface area (Å²) in [7, 11) is 1.57. The fourth-order valence-corrected chi connectivity index (χ4v) is 4.36. The molecule has 33 heavy (non-hydrogen) atoms. The number of carbonyl (C=O) groups excluding carboxylic acids is 2. The Morgan fingerprint density at radius 2 is 1.88 bits per heavy atom. The van der Waals surface area contributed by atoms with Crippen LogP contribution in [0.15, 0.2) is 41.6 Å². The Bertz CT molecular complexity index is 1270. The van der Waals surface area contributed by atoms with E-state index in [2.05, 4.69) is 15.4 Å². The SMILES string of the molecule is CNC(=O)c1ccc(-n2ncc3c(=O)n(CC4(O)CCN(C(=O)C5CC5)CC4)cnc32)cc1. The van der Waals surface area contributed by atoms with Crippen LogP contribution < -0.4 is 10.9 Å². The number of likely N-dealkylation sites (tertiary alicyclic amines) is 1. The maximum atomic E-state index is 13.1. The third-order valence-electron chi connectivity index (χ3n) is 6.55. The molecule has 0 unspecified atom stereocenters. The van der Waals surface area contributed by atoms with Crippen molar-refractivity contribution in [2.75, 3.05) is 20.1 Å². The molecule has 1 saturated carbocycles. The predicted molar refractivity (Wildman–Crippen MR) is 120 cm³/mol. The summed E-state index contributed by atoms with van der Waals surface area (Å²) >= 11 is 0. The van der Waals surface area contributed by atoms with Gasteiger partial charge in [-0.25, -0.2) is 9.67 Å². The van der Waals surface area contributed by atoms with Crippen molar-refractivity contribution in [1.82, 2.24) is 29.5 Å². The molecule has 0 radical (unpaired) electrons. The van der Waals surface area contributed by atoms with Gasteiger partial charge in [-0.2, -0.15) is 5.10 Å². The zero-order valence-corrected chi connectivity index (χ0v) is 18.4. The first-order chi connectivity index (χ1) is 15.9. The summed E-state index contributed by atoms with van der Waals surface area (Å²) in [6.07, 6.45) is 5.68. The number of hydrogen-bond donors (Lipinski definition) is 2. The summed E-state index contributed by atoms with van der Waals surface area (Å²) in [6, 6.07) is 6.84. The molecule has 3 heterocycles. The van der Waals surface area contributed by atoms with Gasteiger partial charge in [0.1, 0.15) is 11.7 Å². The van der Waals surface area contributed by atoms with Gasteiger partial charge in [-0.15, -0.1) is 0 Å². The first-order valence-electron chi connectivity index (χ1n) is 11.2. The van der Waals surface area contributed by atoms with Gasteiger partial charge >= 0.3 is 0 Å². The Balaban J connectivity index is 1.35. The van der Waals surface area contributed by atoms with E-state index in [0.29, 0.717) is 48.2 Å². The minimum Gasteiger partial charge on any atom is -0.388 e. The van der Waals surface area contributed by atoms with Crippen LogP contribution in [0.25, 0.3) is 16.7 Å². The number of amides is 2. The Morgan fingerprint density at radius 3 is 2.52 bits per heavy atom. The smallest absolute Gasteiger partial charge is 0.264 e. The molecule has 1 aliphatic heterocycles. The van der Waals surface area contributed by atoms with Crippen molar-refractivity contribution in [3.63, 3.8) is 0 Å². The van der Waals surface area contributed by atoms with E-state index in [1.54, 1.807) is 36.0 Å². The summed E-state index contributed by atoms with van der Waals surface area (Å²) in [5, 5.41) is 18.3. The number of rotatable bonds is 5. The van der Waals surface area contributed by atoms with E-state index < -0.39 is 5.60 Å². The number of nitrogens with zero attached hydrogens (tertiary/aromatic N) is 5. The van der Waals surface area contributed by atoms with Crippen molar-refractivity contribution >= 4 is 22.8 Å². The molecule has 2 fully saturated rings. The van der Waals surface area contributed by atoms with Gasteiger partial charge < -0.3 is 15.3 Å². The van der Waals surface area contributed by atoms with Gasteiger partial charge in [0, 0.05) is 31.6 Å². The zero-order chi connectivity index (χ0) is 23.2. The van der Waals surface area contributed by atoms with Gasteiger partial charge in [-0.1, -0.05) is 0 Å². The summed E-state index contributed by atoms with van der Waals surface area (Å²) in [5.41, 5.74) is 0.254. The van der Waals surface area contributed by atoms with E-state index in [1.165, 1.54) is 17.1 Å². The first-order valence-corrected chi connectivity index (χ1v) is 11.2.